The second-order valence-corrected chi connectivity index (χ2v) is 5.65. The van der Waals surface area contributed by atoms with E-state index in [9.17, 15) is 9.90 Å². The van der Waals surface area contributed by atoms with Crippen LogP contribution in [0, 0.1) is 6.92 Å². The average Bonchev–Trinajstić information content (AvgIpc) is 2.61. The zero-order valence-electron chi connectivity index (χ0n) is 13.4. The summed E-state index contributed by atoms with van der Waals surface area (Å²) >= 11 is 0. The molecule has 3 rings (SSSR count). The van der Waals surface area contributed by atoms with Crippen LogP contribution in [-0.2, 0) is 0 Å². The summed E-state index contributed by atoms with van der Waals surface area (Å²) in [7, 11) is 0. The Morgan fingerprint density at radius 1 is 1.17 bits per heavy atom. The minimum Gasteiger partial charge on any atom is -0.387 e. The van der Waals surface area contributed by atoms with Crippen LogP contribution in [0.1, 0.15) is 17.2 Å². The molecule has 0 fully saturated rings. The van der Waals surface area contributed by atoms with Crippen LogP contribution in [0.25, 0.3) is 10.8 Å². The Labute approximate surface area is 140 Å². The van der Waals surface area contributed by atoms with Gasteiger partial charge in [0.2, 0.25) is 0 Å². The molecule has 0 saturated heterocycles. The van der Waals surface area contributed by atoms with E-state index in [2.05, 4.69) is 15.6 Å². The van der Waals surface area contributed by atoms with E-state index in [0.717, 1.165) is 21.9 Å². The van der Waals surface area contributed by atoms with Crippen LogP contribution in [0.3, 0.4) is 0 Å². The largest absolute Gasteiger partial charge is 0.387 e. The summed E-state index contributed by atoms with van der Waals surface area (Å²) in [5.41, 5.74) is 2.35. The number of hydrogen-bond donors (Lipinski definition) is 3. The Morgan fingerprint density at radius 3 is 2.75 bits per heavy atom. The summed E-state index contributed by atoms with van der Waals surface area (Å²) in [6, 6.07) is 15.1. The lowest BCUT2D eigenvalue weighted by molar-refractivity contribution is 0.175. The van der Waals surface area contributed by atoms with Crippen LogP contribution in [0.15, 0.2) is 60.9 Å². The van der Waals surface area contributed by atoms with E-state index in [1.807, 2.05) is 49.4 Å². The highest BCUT2D eigenvalue weighted by Crippen LogP contribution is 2.20. The summed E-state index contributed by atoms with van der Waals surface area (Å²) < 4.78 is 0. The molecule has 0 bridgehead atoms. The second-order valence-electron chi connectivity index (χ2n) is 5.65. The van der Waals surface area contributed by atoms with Gasteiger partial charge in [0, 0.05) is 24.6 Å². The number of rotatable bonds is 4. The first-order valence-corrected chi connectivity index (χ1v) is 7.76. The molecule has 122 valence electrons. The molecule has 0 aliphatic rings. The number of nitrogens with one attached hydrogen (secondary N) is 2. The third-order valence-electron chi connectivity index (χ3n) is 3.88. The quantitative estimate of drug-likeness (QED) is 0.689. The smallest absolute Gasteiger partial charge is 0.319 e. The SMILES string of the molecule is Cc1cnccc1NC(=O)NCC(O)c1ccc2ccccc2c1. The van der Waals surface area contributed by atoms with Crippen LogP contribution < -0.4 is 10.6 Å². The summed E-state index contributed by atoms with van der Waals surface area (Å²) in [4.78, 5) is 15.9. The van der Waals surface area contributed by atoms with Gasteiger partial charge in [0.1, 0.15) is 0 Å². The predicted octanol–water partition coefficient (Wildman–Crippen LogP) is 3.40. The number of hydrogen-bond acceptors (Lipinski definition) is 3. The topological polar surface area (TPSA) is 74.2 Å². The van der Waals surface area contributed by atoms with Gasteiger partial charge in [-0.1, -0.05) is 36.4 Å². The van der Waals surface area contributed by atoms with Crippen molar-refractivity contribution in [2.24, 2.45) is 0 Å². The Bertz CT molecular complexity index is 864. The standard InChI is InChI=1S/C19H19N3O2/c1-13-11-20-9-8-17(13)22-19(24)21-12-18(23)16-7-6-14-4-2-3-5-15(14)10-16/h2-11,18,23H,12H2,1H3,(H2,20,21,22,24). The molecule has 2 amide bonds. The van der Waals surface area contributed by atoms with E-state index >= 15 is 0 Å². The molecule has 0 aliphatic heterocycles. The minimum atomic E-state index is -0.765. The predicted molar refractivity (Wildman–Crippen MR) is 94.9 cm³/mol. The Hall–Kier alpha value is -2.92. The number of benzene rings is 2. The number of urea groups is 1. The highest BCUT2D eigenvalue weighted by molar-refractivity contribution is 5.90. The van der Waals surface area contributed by atoms with Gasteiger partial charge in [0.15, 0.2) is 0 Å². The fraction of sp³-hybridized carbons (Fsp3) is 0.158. The number of aryl methyl sites for hydroxylation is 1. The summed E-state index contributed by atoms with van der Waals surface area (Å²) in [5.74, 6) is 0. The molecule has 1 aromatic heterocycles. The van der Waals surface area contributed by atoms with Crippen molar-refractivity contribution < 1.29 is 9.90 Å². The maximum atomic E-state index is 12.0. The van der Waals surface area contributed by atoms with E-state index in [0.29, 0.717) is 5.69 Å². The molecular weight excluding hydrogens is 302 g/mol. The molecule has 1 atom stereocenters. The fourth-order valence-corrected chi connectivity index (χ4v) is 2.50. The van der Waals surface area contributed by atoms with Gasteiger partial charge < -0.3 is 15.7 Å². The van der Waals surface area contributed by atoms with Crippen molar-refractivity contribution in [3.8, 4) is 0 Å². The van der Waals surface area contributed by atoms with Crippen molar-refractivity contribution >= 4 is 22.5 Å². The number of pyridine rings is 1. The molecule has 0 saturated carbocycles. The lowest BCUT2D eigenvalue weighted by atomic mass is 10.0. The van der Waals surface area contributed by atoms with E-state index < -0.39 is 6.10 Å². The van der Waals surface area contributed by atoms with Gasteiger partial charge in [0.25, 0.3) is 0 Å². The molecule has 2 aromatic carbocycles. The molecule has 3 N–H and O–H groups in total. The van der Waals surface area contributed by atoms with Gasteiger partial charge in [-0.2, -0.15) is 0 Å². The van der Waals surface area contributed by atoms with Crippen molar-refractivity contribution in [1.29, 1.82) is 0 Å². The number of aromatic nitrogens is 1. The van der Waals surface area contributed by atoms with Gasteiger partial charge in [0.05, 0.1) is 6.10 Å². The van der Waals surface area contributed by atoms with Gasteiger partial charge in [-0.05, 0) is 41.0 Å². The monoisotopic (exact) mass is 321 g/mol. The maximum Gasteiger partial charge on any atom is 0.319 e. The number of aliphatic hydroxyl groups excluding tert-OH is 1. The van der Waals surface area contributed by atoms with E-state index in [1.165, 1.54) is 0 Å². The Balaban J connectivity index is 1.61. The van der Waals surface area contributed by atoms with Gasteiger partial charge >= 0.3 is 6.03 Å². The molecule has 24 heavy (non-hydrogen) atoms. The average molecular weight is 321 g/mol. The van der Waals surface area contributed by atoms with E-state index in [-0.39, 0.29) is 12.6 Å². The number of fused-ring (bicyclic) bond motifs is 1. The number of aliphatic hydroxyl groups is 1. The third-order valence-corrected chi connectivity index (χ3v) is 3.88. The first kappa shape index (κ1) is 16.0. The van der Waals surface area contributed by atoms with Crippen LogP contribution in [0.2, 0.25) is 0 Å². The zero-order chi connectivity index (χ0) is 16.9. The summed E-state index contributed by atoms with van der Waals surface area (Å²) in [6.07, 6.45) is 2.53. The second kappa shape index (κ2) is 7.10. The molecule has 5 nitrogen and oxygen atoms in total. The Kier molecular flexibility index (Phi) is 4.72. The zero-order valence-corrected chi connectivity index (χ0v) is 13.4. The van der Waals surface area contributed by atoms with Gasteiger partial charge in [-0.3, -0.25) is 4.98 Å². The number of nitrogens with zero attached hydrogens (tertiary/aromatic N) is 1. The van der Waals surface area contributed by atoms with Crippen LogP contribution >= 0.6 is 0 Å². The normalized spacial score (nSPS) is 11.9. The van der Waals surface area contributed by atoms with Gasteiger partial charge in [-0.25, -0.2) is 4.79 Å². The van der Waals surface area contributed by atoms with Crippen molar-refractivity contribution in [1.82, 2.24) is 10.3 Å². The molecule has 0 spiro atoms. The Morgan fingerprint density at radius 2 is 1.96 bits per heavy atom. The third kappa shape index (κ3) is 3.70. The molecule has 0 radical (unpaired) electrons. The van der Waals surface area contributed by atoms with Gasteiger partial charge in [-0.15, -0.1) is 0 Å². The number of amides is 2. The van der Waals surface area contributed by atoms with Crippen LogP contribution in [0.4, 0.5) is 10.5 Å². The molecule has 1 heterocycles. The lowest BCUT2D eigenvalue weighted by Gasteiger charge is -2.14. The molecular formula is C19H19N3O2. The number of carbonyl (C=O) groups is 1. The van der Waals surface area contributed by atoms with E-state index in [1.54, 1.807) is 18.5 Å². The maximum absolute atomic E-state index is 12.0. The minimum absolute atomic E-state index is 0.133. The number of anilines is 1. The van der Waals surface area contributed by atoms with Crippen molar-refractivity contribution in [2.75, 3.05) is 11.9 Å². The van der Waals surface area contributed by atoms with Crippen molar-refractivity contribution in [2.45, 2.75) is 13.0 Å². The summed E-state index contributed by atoms with van der Waals surface area (Å²) in [6.45, 7) is 2.00. The highest BCUT2D eigenvalue weighted by atomic mass is 16.3. The fourth-order valence-electron chi connectivity index (χ4n) is 2.50. The van der Waals surface area contributed by atoms with Crippen molar-refractivity contribution in [3.63, 3.8) is 0 Å². The first-order valence-electron chi connectivity index (χ1n) is 7.76. The highest BCUT2D eigenvalue weighted by Gasteiger charge is 2.10. The molecule has 1 unspecified atom stereocenters. The molecule has 5 heteroatoms. The molecule has 0 aliphatic carbocycles. The van der Waals surface area contributed by atoms with Crippen LogP contribution in [0.5, 0.6) is 0 Å². The summed E-state index contributed by atoms with van der Waals surface area (Å²) in [5, 5.41) is 17.9. The van der Waals surface area contributed by atoms with Crippen molar-refractivity contribution in [3.05, 3.63) is 72.1 Å². The van der Waals surface area contributed by atoms with E-state index in [4.69, 9.17) is 0 Å². The van der Waals surface area contributed by atoms with Crippen LogP contribution in [-0.4, -0.2) is 22.7 Å². The first-order chi connectivity index (χ1) is 11.6. The number of carbonyl (C=O) groups excluding carboxylic acids is 1. The lowest BCUT2D eigenvalue weighted by Crippen LogP contribution is -2.32. The molecule has 3 aromatic rings.